The largest absolute Gasteiger partial charge is 0.376 e. The molecule has 106 valence electrons. The molecule has 0 radical (unpaired) electrons. The maximum absolute atomic E-state index is 12.2. The van der Waals surface area contributed by atoms with Crippen molar-refractivity contribution in [3.63, 3.8) is 0 Å². The van der Waals surface area contributed by atoms with Crippen molar-refractivity contribution in [1.29, 1.82) is 0 Å². The van der Waals surface area contributed by atoms with E-state index in [9.17, 15) is 4.79 Å². The van der Waals surface area contributed by atoms with E-state index in [4.69, 9.17) is 10.5 Å². The standard InChI is InChI=1S/C14H28N2O2/c1-5-13(6-2,10-18-11(3)4)16-12(17)14(15)8-7-9-14/h11H,5-10,15H2,1-4H3,(H,16,17). The van der Waals surface area contributed by atoms with Gasteiger partial charge in [-0.1, -0.05) is 13.8 Å². The Morgan fingerprint density at radius 1 is 1.39 bits per heavy atom. The first-order valence-electron chi connectivity index (χ1n) is 7.10. The SMILES string of the molecule is CCC(CC)(COC(C)C)NC(=O)C1(N)CCC1. The fourth-order valence-electron chi connectivity index (χ4n) is 2.14. The van der Waals surface area contributed by atoms with E-state index in [0.29, 0.717) is 6.61 Å². The topological polar surface area (TPSA) is 64.3 Å². The number of rotatable bonds is 7. The summed E-state index contributed by atoms with van der Waals surface area (Å²) in [5.41, 5.74) is 5.16. The van der Waals surface area contributed by atoms with Crippen LogP contribution in [-0.2, 0) is 9.53 Å². The summed E-state index contributed by atoms with van der Waals surface area (Å²) in [5, 5.41) is 3.14. The van der Waals surface area contributed by atoms with Gasteiger partial charge in [-0.3, -0.25) is 4.79 Å². The Hall–Kier alpha value is -0.610. The van der Waals surface area contributed by atoms with E-state index in [0.717, 1.165) is 32.1 Å². The second-order valence-electron chi connectivity index (χ2n) is 5.81. The average molecular weight is 256 g/mol. The zero-order valence-electron chi connectivity index (χ0n) is 12.2. The Balaban J connectivity index is 2.63. The van der Waals surface area contributed by atoms with Crippen LogP contribution in [0.2, 0.25) is 0 Å². The second kappa shape index (κ2) is 6.02. The van der Waals surface area contributed by atoms with Gasteiger partial charge < -0.3 is 15.8 Å². The number of nitrogens with one attached hydrogen (secondary N) is 1. The Bertz CT molecular complexity index is 282. The van der Waals surface area contributed by atoms with Gasteiger partial charge in [0.15, 0.2) is 0 Å². The molecule has 0 spiro atoms. The first kappa shape index (κ1) is 15.4. The van der Waals surface area contributed by atoms with Crippen LogP contribution in [0.25, 0.3) is 0 Å². The van der Waals surface area contributed by atoms with E-state index in [1.807, 2.05) is 13.8 Å². The molecule has 3 N–H and O–H groups in total. The third-order valence-corrected chi connectivity index (χ3v) is 4.12. The number of hydrogen-bond acceptors (Lipinski definition) is 3. The van der Waals surface area contributed by atoms with Gasteiger partial charge >= 0.3 is 0 Å². The lowest BCUT2D eigenvalue weighted by molar-refractivity contribution is -0.132. The zero-order valence-corrected chi connectivity index (χ0v) is 12.2. The van der Waals surface area contributed by atoms with Gasteiger partial charge in [0.05, 0.1) is 23.8 Å². The smallest absolute Gasteiger partial charge is 0.240 e. The minimum absolute atomic E-state index is 0.00944. The number of ether oxygens (including phenoxy) is 1. The molecule has 0 bridgehead atoms. The second-order valence-corrected chi connectivity index (χ2v) is 5.81. The van der Waals surface area contributed by atoms with Crippen LogP contribution in [0.4, 0.5) is 0 Å². The van der Waals surface area contributed by atoms with Crippen LogP contribution in [0.5, 0.6) is 0 Å². The highest BCUT2D eigenvalue weighted by Gasteiger charge is 2.43. The van der Waals surface area contributed by atoms with Gasteiger partial charge in [0, 0.05) is 0 Å². The summed E-state index contributed by atoms with van der Waals surface area (Å²) >= 11 is 0. The fraction of sp³-hybridized carbons (Fsp3) is 0.929. The average Bonchev–Trinajstić information content (AvgIpc) is 2.31. The van der Waals surface area contributed by atoms with Crippen molar-refractivity contribution in [2.24, 2.45) is 5.73 Å². The molecule has 0 saturated heterocycles. The summed E-state index contributed by atoms with van der Waals surface area (Å²) in [6.07, 6.45) is 4.55. The van der Waals surface area contributed by atoms with E-state index >= 15 is 0 Å². The first-order valence-corrected chi connectivity index (χ1v) is 7.10. The van der Waals surface area contributed by atoms with Crippen LogP contribution in [-0.4, -0.2) is 29.7 Å². The molecule has 1 amide bonds. The van der Waals surface area contributed by atoms with Gasteiger partial charge in [-0.25, -0.2) is 0 Å². The molecule has 1 saturated carbocycles. The van der Waals surface area contributed by atoms with Gasteiger partial charge in [0.1, 0.15) is 0 Å². The van der Waals surface area contributed by atoms with Gasteiger partial charge in [-0.05, 0) is 46.0 Å². The highest BCUT2D eigenvalue weighted by molar-refractivity contribution is 5.87. The molecule has 18 heavy (non-hydrogen) atoms. The van der Waals surface area contributed by atoms with Gasteiger partial charge in [0.2, 0.25) is 5.91 Å². The molecule has 1 aliphatic carbocycles. The summed E-state index contributed by atoms with van der Waals surface area (Å²) in [7, 11) is 0. The number of carbonyl (C=O) groups excluding carboxylic acids is 1. The highest BCUT2D eigenvalue weighted by Crippen LogP contribution is 2.30. The van der Waals surface area contributed by atoms with Crippen molar-refractivity contribution in [3.8, 4) is 0 Å². The van der Waals surface area contributed by atoms with Crippen LogP contribution in [0, 0.1) is 0 Å². The summed E-state index contributed by atoms with van der Waals surface area (Å²) in [6, 6.07) is 0. The molecule has 4 nitrogen and oxygen atoms in total. The summed E-state index contributed by atoms with van der Waals surface area (Å²) in [6.45, 7) is 8.73. The normalized spacial score (nSPS) is 18.6. The van der Waals surface area contributed by atoms with Crippen LogP contribution in [0.1, 0.15) is 59.8 Å². The lowest BCUT2D eigenvalue weighted by atomic mass is 9.76. The molecule has 0 atom stereocenters. The third-order valence-electron chi connectivity index (χ3n) is 4.12. The van der Waals surface area contributed by atoms with Crippen molar-refractivity contribution in [2.75, 3.05) is 6.61 Å². The van der Waals surface area contributed by atoms with E-state index in [2.05, 4.69) is 19.2 Å². The Kier molecular flexibility index (Phi) is 5.17. The monoisotopic (exact) mass is 256 g/mol. The number of carbonyl (C=O) groups is 1. The minimum Gasteiger partial charge on any atom is -0.376 e. The Morgan fingerprint density at radius 2 is 1.94 bits per heavy atom. The molecule has 1 aliphatic rings. The lowest BCUT2D eigenvalue weighted by Crippen LogP contribution is -2.64. The molecule has 4 heteroatoms. The van der Waals surface area contributed by atoms with Crippen LogP contribution < -0.4 is 11.1 Å². The van der Waals surface area contributed by atoms with E-state index in [1.54, 1.807) is 0 Å². The number of nitrogens with two attached hydrogens (primary N) is 1. The lowest BCUT2D eigenvalue weighted by Gasteiger charge is -2.41. The zero-order chi connectivity index (χ0) is 13.8. The summed E-state index contributed by atoms with van der Waals surface area (Å²) in [4.78, 5) is 12.2. The maximum atomic E-state index is 12.2. The van der Waals surface area contributed by atoms with E-state index in [1.165, 1.54) is 0 Å². The van der Waals surface area contributed by atoms with Crippen LogP contribution in [0.3, 0.4) is 0 Å². The van der Waals surface area contributed by atoms with E-state index in [-0.39, 0.29) is 17.6 Å². The molecular weight excluding hydrogens is 228 g/mol. The first-order chi connectivity index (χ1) is 8.37. The molecule has 0 aromatic rings. The molecule has 1 rings (SSSR count). The predicted molar refractivity (Wildman–Crippen MR) is 73.3 cm³/mol. The maximum Gasteiger partial charge on any atom is 0.240 e. The summed E-state index contributed by atoms with van der Waals surface area (Å²) < 4.78 is 5.70. The predicted octanol–water partition coefficient (Wildman–Crippen LogP) is 1.97. The molecule has 1 fully saturated rings. The minimum atomic E-state index is -0.632. The van der Waals surface area contributed by atoms with Gasteiger partial charge in [-0.15, -0.1) is 0 Å². The fourth-order valence-corrected chi connectivity index (χ4v) is 2.14. The molecule has 0 unspecified atom stereocenters. The molecular formula is C14H28N2O2. The summed E-state index contributed by atoms with van der Waals surface area (Å²) in [5.74, 6) is -0.00944. The third kappa shape index (κ3) is 3.45. The van der Waals surface area contributed by atoms with Crippen LogP contribution in [0.15, 0.2) is 0 Å². The molecule has 0 aliphatic heterocycles. The highest BCUT2D eigenvalue weighted by atomic mass is 16.5. The molecule has 0 aromatic carbocycles. The van der Waals surface area contributed by atoms with Crippen molar-refractivity contribution in [2.45, 2.75) is 77.0 Å². The van der Waals surface area contributed by atoms with Crippen molar-refractivity contribution in [1.82, 2.24) is 5.32 Å². The van der Waals surface area contributed by atoms with Crippen molar-refractivity contribution < 1.29 is 9.53 Å². The molecule has 0 heterocycles. The van der Waals surface area contributed by atoms with Gasteiger partial charge in [0.25, 0.3) is 0 Å². The molecule has 0 aromatic heterocycles. The van der Waals surface area contributed by atoms with E-state index < -0.39 is 5.54 Å². The van der Waals surface area contributed by atoms with Crippen LogP contribution >= 0.6 is 0 Å². The number of amides is 1. The van der Waals surface area contributed by atoms with Gasteiger partial charge in [-0.2, -0.15) is 0 Å². The number of hydrogen-bond donors (Lipinski definition) is 2. The Morgan fingerprint density at radius 3 is 2.28 bits per heavy atom. The van der Waals surface area contributed by atoms with Crippen molar-refractivity contribution in [3.05, 3.63) is 0 Å². The Labute approximate surface area is 111 Å². The quantitative estimate of drug-likeness (QED) is 0.732. The van der Waals surface area contributed by atoms with Crippen molar-refractivity contribution >= 4 is 5.91 Å².